The molecule has 0 radical (unpaired) electrons. The second-order valence-corrected chi connectivity index (χ2v) is 3.95. The number of hydrogen-bond acceptors (Lipinski definition) is 5. The Hall–Kier alpha value is -0.980. The molecule has 0 amide bonds. The van der Waals surface area contributed by atoms with E-state index in [1.807, 2.05) is 0 Å². The van der Waals surface area contributed by atoms with Gasteiger partial charge in [-0.3, -0.25) is 0 Å². The number of phenolic OH excluding ortho intramolecular Hbond substituents is 2. The number of aliphatic hydroxyl groups is 1. The Morgan fingerprint density at radius 2 is 2.06 bits per heavy atom. The first kappa shape index (κ1) is 13.1. The number of rotatable bonds is 5. The van der Waals surface area contributed by atoms with Crippen LogP contribution in [0.2, 0.25) is 0 Å². The van der Waals surface area contributed by atoms with Crippen LogP contribution in [0.1, 0.15) is 18.6 Å². The molecule has 1 aromatic carbocycles. The molecule has 1 aromatic rings. The molecule has 0 aliphatic carbocycles. The first-order chi connectivity index (χ1) is 7.56. The summed E-state index contributed by atoms with van der Waals surface area (Å²) in [6, 6.07) is 3.72. The highest BCUT2D eigenvalue weighted by atomic mass is 32.2. The predicted octanol–water partition coefficient (Wildman–Crippen LogP) is 1.68. The lowest BCUT2D eigenvalue weighted by molar-refractivity contribution is 0.139. The van der Waals surface area contributed by atoms with E-state index in [-0.39, 0.29) is 35.6 Å². The number of nitrogens with one attached hydrogen (secondary N) is 1. The third-order valence-electron chi connectivity index (χ3n) is 2.27. The minimum absolute atomic E-state index is 0.0856. The predicted molar refractivity (Wildman–Crippen MR) is 60.9 cm³/mol. The quantitative estimate of drug-likeness (QED) is 0.471. The van der Waals surface area contributed by atoms with Gasteiger partial charge in [0.25, 0.3) is 0 Å². The van der Waals surface area contributed by atoms with Crippen LogP contribution in [-0.2, 0) is 0 Å². The third-order valence-corrected chi connectivity index (χ3v) is 2.55. The zero-order valence-corrected chi connectivity index (χ0v) is 9.54. The van der Waals surface area contributed by atoms with Crippen molar-refractivity contribution in [2.24, 2.45) is 0 Å². The third kappa shape index (κ3) is 3.26. The van der Waals surface area contributed by atoms with Gasteiger partial charge in [-0.25, -0.2) is 0 Å². The molecule has 2 unspecified atom stereocenters. The minimum atomic E-state index is -0.876. The van der Waals surface area contributed by atoms with Crippen molar-refractivity contribution < 1.29 is 19.2 Å². The van der Waals surface area contributed by atoms with Crippen molar-refractivity contribution in [1.82, 2.24) is 5.32 Å². The summed E-state index contributed by atoms with van der Waals surface area (Å²) >= 11 is 0.137. The smallest absolute Gasteiger partial charge is 0.157 e. The highest BCUT2D eigenvalue weighted by molar-refractivity contribution is 7.94. The van der Waals surface area contributed by atoms with Crippen molar-refractivity contribution in [1.29, 1.82) is 0 Å². The average molecular weight is 247 g/mol. The van der Waals surface area contributed by atoms with Crippen LogP contribution in [-0.4, -0.2) is 27.2 Å². The molecule has 90 valence electrons. The maximum absolute atomic E-state index is 11.8. The molecule has 0 bridgehead atoms. The fourth-order valence-electron chi connectivity index (χ4n) is 1.29. The summed E-state index contributed by atoms with van der Waals surface area (Å²) in [5.74, 6) is -0.443. The summed E-state index contributed by atoms with van der Waals surface area (Å²) in [4.78, 5) is 0. The molecule has 0 saturated carbocycles. The van der Waals surface area contributed by atoms with E-state index < -0.39 is 6.10 Å². The first-order valence-corrected chi connectivity index (χ1v) is 5.61. The maximum Gasteiger partial charge on any atom is 0.157 e. The Balaban J connectivity index is 2.71. The van der Waals surface area contributed by atoms with Gasteiger partial charge in [0.2, 0.25) is 0 Å². The van der Waals surface area contributed by atoms with Crippen molar-refractivity contribution in [3.8, 4) is 11.5 Å². The molecule has 16 heavy (non-hydrogen) atoms. The number of benzene rings is 1. The van der Waals surface area contributed by atoms with Crippen molar-refractivity contribution in [3.05, 3.63) is 23.8 Å². The van der Waals surface area contributed by atoms with Crippen molar-refractivity contribution in [2.45, 2.75) is 19.1 Å². The van der Waals surface area contributed by atoms with Crippen LogP contribution in [0.25, 0.3) is 0 Å². The molecule has 0 fully saturated rings. The van der Waals surface area contributed by atoms with E-state index in [9.17, 15) is 14.1 Å². The SMILES string of the molecule is CC(NCSF)C(O)c1ccc(O)c(O)c1. The van der Waals surface area contributed by atoms with E-state index in [1.54, 1.807) is 6.92 Å². The zero-order chi connectivity index (χ0) is 12.1. The number of hydrogen-bond donors (Lipinski definition) is 4. The molecular weight excluding hydrogens is 233 g/mol. The highest BCUT2D eigenvalue weighted by Crippen LogP contribution is 2.28. The standard InChI is InChI=1S/C10H14FNO3S/c1-6(12-5-16-11)10(15)7-2-3-8(13)9(14)4-7/h2-4,6,10,12-15H,5H2,1H3. The van der Waals surface area contributed by atoms with Gasteiger partial charge >= 0.3 is 0 Å². The van der Waals surface area contributed by atoms with E-state index in [0.29, 0.717) is 5.56 Å². The van der Waals surface area contributed by atoms with Gasteiger partial charge < -0.3 is 20.6 Å². The van der Waals surface area contributed by atoms with E-state index in [2.05, 4.69) is 5.32 Å². The monoisotopic (exact) mass is 247 g/mol. The van der Waals surface area contributed by atoms with Gasteiger partial charge in [0.05, 0.1) is 24.1 Å². The van der Waals surface area contributed by atoms with Crippen LogP contribution in [0.15, 0.2) is 18.2 Å². The fraction of sp³-hybridized carbons (Fsp3) is 0.400. The van der Waals surface area contributed by atoms with Crippen LogP contribution >= 0.6 is 12.1 Å². The summed E-state index contributed by atoms with van der Waals surface area (Å²) < 4.78 is 11.8. The van der Waals surface area contributed by atoms with E-state index >= 15 is 0 Å². The molecular formula is C10H14FNO3S. The Kier molecular flexibility index (Phi) is 4.85. The van der Waals surface area contributed by atoms with Crippen molar-refractivity contribution >= 4 is 12.1 Å². The normalized spacial score (nSPS) is 14.7. The lowest BCUT2D eigenvalue weighted by Crippen LogP contribution is -2.31. The lowest BCUT2D eigenvalue weighted by atomic mass is 10.0. The maximum atomic E-state index is 11.8. The average Bonchev–Trinajstić information content (AvgIpc) is 2.28. The summed E-state index contributed by atoms with van der Waals surface area (Å²) in [6.07, 6.45) is -0.876. The molecule has 4 nitrogen and oxygen atoms in total. The summed E-state index contributed by atoms with van der Waals surface area (Å²) in [5, 5.41) is 31.0. The topological polar surface area (TPSA) is 72.7 Å². The van der Waals surface area contributed by atoms with E-state index in [0.717, 1.165) is 0 Å². The zero-order valence-electron chi connectivity index (χ0n) is 8.72. The van der Waals surface area contributed by atoms with Crippen LogP contribution < -0.4 is 5.32 Å². The number of aliphatic hydroxyl groups excluding tert-OH is 1. The largest absolute Gasteiger partial charge is 0.504 e. The van der Waals surface area contributed by atoms with Gasteiger partial charge in [-0.05, 0) is 24.6 Å². The number of halogens is 1. The van der Waals surface area contributed by atoms with Crippen LogP contribution in [0.3, 0.4) is 0 Å². The molecule has 2 atom stereocenters. The number of aromatic hydroxyl groups is 2. The summed E-state index contributed by atoms with van der Waals surface area (Å²) in [5.41, 5.74) is 0.458. The van der Waals surface area contributed by atoms with Gasteiger partial charge in [0, 0.05) is 6.04 Å². The van der Waals surface area contributed by atoms with Gasteiger partial charge in [-0.1, -0.05) is 6.07 Å². The van der Waals surface area contributed by atoms with Crippen LogP contribution in [0.5, 0.6) is 11.5 Å². The molecule has 0 saturated heterocycles. The lowest BCUT2D eigenvalue weighted by Gasteiger charge is -2.20. The molecule has 0 aliphatic rings. The Morgan fingerprint density at radius 1 is 1.38 bits per heavy atom. The van der Waals surface area contributed by atoms with E-state index in [4.69, 9.17) is 5.11 Å². The van der Waals surface area contributed by atoms with Gasteiger partial charge in [0.15, 0.2) is 11.5 Å². The Bertz CT molecular complexity index is 351. The fourth-order valence-corrected chi connectivity index (χ4v) is 1.61. The Morgan fingerprint density at radius 3 is 2.62 bits per heavy atom. The van der Waals surface area contributed by atoms with Crippen LogP contribution in [0.4, 0.5) is 3.89 Å². The van der Waals surface area contributed by atoms with Crippen LogP contribution in [0, 0.1) is 0 Å². The highest BCUT2D eigenvalue weighted by Gasteiger charge is 2.17. The van der Waals surface area contributed by atoms with Gasteiger partial charge in [-0.15, -0.1) is 0 Å². The van der Waals surface area contributed by atoms with Gasteiger partial charge in [-0.2, -0.15) is 3.89 Å². The summed E-state index contributed by atoms with van der Waals surface area (Å²) in [6.45, 7) is 1.70. The minimum Gasteiger partial charge on any atom is -0.504 e. The summed E-state index contributed by atoms with van der Waals surface area (Å²) in [7, 11) is 0. The molecule has 6 heteroatoms. The van der Waals surface area contributed by atoms with Crippen molar-refractivity contribution in [2.75, 3.05) is 5.88 Å². The van der Waals surface area contributed by atoms with Crippen molar-refractivity contribution in [3.63, 3.8) is 0 Å². The first-order valence-electron chi connectivity index (χ1n) is 4.73. The molecule has 4 N–H and O–H groups in total. The molecule has 0 aromatic heterocycles. The molecule has 0 spiro atoms. The number of phenols is 2. The molecule has 1 rings (SSSR count). The molecule has 0 heterocycles. The van der Waals surface area contributed by atoms with Gasteiger partial charge in [0.1, 0.15) is 0 Å². The second kappa shape index (κ2) is 5.93. The van der Waals surface area contributed by atoms with E-state index in [1.165, 1.54) is 18.2 Å². The molecule has 0 aliphatic heterocycles. The second-order valence-electron chi connectivity index (χ2n) is 3.44. The Labute approximate surface area is 97.4 Å².